The third-order valence-electron chi connectivity index (χ3n) is 5.24. The second-order valence-electron chi connectivity index (χ2n) is 7.59. The average molecular weight is 469 g/mol. The molecule has 7 nitrogen and oxygen atoms in total. The van der Waals surface area contributed by atoms with Crippen LogP contribution in [-0.4, -0.2) is 63.4 Å². The molecular weight excluding hydrogens is 443 g/mol. The molecule has 0 spiro atoms. The van der Waals surface area contributed by atoms with E-state index in [1.54, 1.807) is 26.0 Å². The molecule has 1 fully saturated rings. The van der Waals surface area contributed by atoms with Gasteiger partial charge in [0.2, 0.25) is 10.0 Å². The molecule has 0 radical (unpaired) electrons. The van der Waals surface area contributed by atoms with E-state index >= 15 is 0 Å². The molecule has 1 heterocycles. The monoisotopic (exact) mass is 468 g/mol. The Morgan fingerprint density at radius 2 is 1.55 bits per heavy atom. The maximum Gasteiger partial charge on any atom is 0.255 e. The minimum atomic E-state index is -3.83. The van der Waals surface area contributed by atoms with Gasteiger partial charge in [-0.2, -0.15) is 4.31 Å². The highest BCUT2D eigenvalue weighted by molar-refractivity contribution is 7.92. The van der Waals surface area contributed by atoms with Gasteiger partial charge in [-0.1, -0.05) is 12.1 Å². The third kappa shape index (κ3) is 4.81. The minimum absolute atomic E-state index is 0.0120. The Kier molecular flexibility index (Phi) is 6.82. The van der Waals surface area contributed by atoms with Crippen LogP contribution in [0.1, 0.15) is 30.6 Å². The Morgan fingerprint density at radius 1 is 0.903 bits per heavy atom. The van der Waals surface area contributed by atoms with Gasteiger partial charge in [-0.05, 0) is 56.7 Å². The van der Waals surface area contributed by atoms with Gasteiger partial charge >= 0.3 is 0 Å². The summed E-state index contributed by atoms with van der Waals surface area (Å²) in [5, 5.41) is -0.679. The molecule has 168 valence electrons. The Labute approximate surface area is 182 Å². The average Bonchev–Trinajstić information content (AvgIpc) is 3.00. The Morgan fingerprint density at radius 3 is 2.19 bits per heavy atom. The molecule has 0 aromatic heterocycles. The summed E-state index contributed by atoms with van der Waals surface area (Å²) in [6.45, 7) is 3.79. The molecular formula is C21H25FN2O5S2. The van der Waals surface area contributed by atoms with Crippen molar-refractivity contribution in [2.45, 2.75) is 35.3 Å². The molecule has 10 heteroatoms. The zero-order valence-corrected chi connectivity index (χ0v) is 19.0. The molecule has 31 heavy (non-hydrogen) atoms. The molecule has 3 rings (SSSR count). The summed E-state index contributed by atoms with van der Waals surface area (Å²) in [6.07, 6.45) is 0.394. The lowest BCUT2D eigenvalue weighted by atomic mass is 10.2. The fourth-order valence-electron chi connectivity index (χ4n) is 3.41. The van der Waals surface area contributed by atoms with Crippen molar-refractivity contribution >= 4 is 25.8 Å². The van der Waals surface area contributed by atoms with Gasteiger partial charge in [-0.25, -0.2) is 21.2 Å². The standard InChI is InChI=1S/C21H25FN2O5S2/c1-16(2)30(26,27)20-7-4-3-6-19(20)21(25)23-12-5-13-24(15-14-23)31(28,29)18-10-8-17(22)9-11-18/h3-4,6-11,16H,5,12-15H2,1-2H3. The van der Waals surface area contributed by atoms with Crippen LogP contribution in [0.4, 0.5) is 4.39 Å². The molecule has 0 unspecified atom stereocenters. The van der Waals surface area contributed by atoms with Gasteiger partial charge in [0.25, 0.3) is 5.91 Å². The zero-order chi connectivity index (χ0) is 22.8. The number of hydrogen-bond acceptors (Lipinski definition) is 5. The number of sulfone groups is 1. The van der Waals surface area contributed by atoms with Gasteiger partial charge in [-0.15, -0.1) is 0 Å². The predicted molar refractivity (Wildman–Crippen MR) is 114 cm³/mol. The van der Waals surface area contributed by atoms with E-state index in [2.05, 4.69) is 0 Å². The third-order valence-corrected chi connectivity index (χ3v) is 9.36. The van der Waals surface area contributed by atoms with Crippen molar-refractivity contribution in [2.24, 2.45) is 0 Å². The fraction of sp³-hybridized carbons (Fsp3) is 0.381. The van der Waals surface area contributed by atoms with Crippen molar-refractivity contribution in [2.75, 3.05) is 26.2 Å². The lowest BCUT2D eigenvalue weighted by Crippen LogP contribution is -2.38. The van der Waals surface area contributed by atoms with Gasteiger partial charge in [0.15, 0.2) is 9.84 Å². The number of amides is 1. The summed E-state index contributed by atoms with van der Waals surface area (Å²) in [5.41, 5.74) is 0.0889. The van der Waals surface area contributed by atoms with Gasteiger partial charge in [0, 0.05) is 26.2 Å². The van der Waals surface area contributed by atoms with E-state index in [4.69, 9.17) is 0 Å². The summed E-state index contributed by atoms with van der Waals surface area (Å²) in [4.78, 5) is 14.6. The van der Waals surface area contributed by atoms with Crippen molar-refractivity contribution in [3.05, 3.63) is 59.9 Å². The van der Waals surface area contributed by atoms with Crippen molar-refractivity contribution < 1.29 is 26.0 Å². The van der Waals surface area contributed by atoms with Crippen LogP contribution in [0.25, 0.3) is 0 Å². The molecule has 0 bridgehead atoms. The summed E-state index contributed by atoms with van der Waals surface area (Å²) in [6, 6.07) is 10.7. The van der Waals surface area contributed by atoms with E-state index < -0.39 is 36.8 Å². The minimum Gasteiger partial charge on any atom is -0.337 e. The summed E-state index contributed by atoms with van der Waals surface area (Å²) in [5.74, 6) is -0.970. The summed E-state index contributed by atoms with van der Waals surface area (Å²) in [7, 11) is -7.48. The lowest BCUT2D eigenvalue weighted by molar-refractivity contribution is 0.0760. The van der Waals surface area contributed by atoms with Crippen LogP contribution in [0.15, 0.2) is 58.3 Å². The number of halogens is 1. The second kappa shape index (κ2) is 9.05. The van der Waals surface area contributed by atoms with Crippen LogP contribution in [0.2, 0.25) is 0 Å². The number of carbonyl (C=O) groups excluding carboxylic acids is 1. The van der Waals surface area contributed by atoms with E-state index in [1.807, 2.05) is 0 Å². The molecule has 2 aromatic rings. The maximum atomic E-state index is 13.2. The fourth-order valence-corrected chi connectivity index (χ4v) is 6.12. The smallest absolute Gasteiger partial charge is 0.255 e. The molecule has 0 aliphatic carbocycles. The highest BCUT2D eigenvalue weighted by Crippen LogP contribution is 2.23. The van der Waals surface area contributed by atoms with Crippen molar-refractivity contribution in [3.63, 3.8) is 0 Å². The first kappa shape index (κ1) is 23.4. The predicted octanol–water partition coefficient (Wildman–Crippen LogP) is 2.54. The quantitative estimate of drug-likeness (QED) is 0.673. The van der Waals surface area contributed by atoms with E-state index in [9.17, 15) is 26.0 Å². The first-order valence-electron chi connectivity index (χ1n) is 9.93. The van der Waals surface area contributed by atoms with E-state index in [0.29, 0.717) is 13.0 Å². The van der Waals surface area contributed by atoms with Gasteiger partial charge in [0.05, 0.1) is 20.6 Å². The van der Waals surface area contributed by atoms with Crippen LogP contribution in [0.5, 0.6) is 0 Å². The molecule has 0 N–H and O–H groups in total. The SMILES string of the molecule is CC(C)S(=O)(=O)c1ccccc1C(=O)N1CCCN(S(=O)(=O)c2ccc(F)cc2)CC1. The van der Waals surface area contributed by atoms with Crippen LogP contribution in [0.3, 0.4) is 0 Å². The van der Waals surface area contributed by atoms with Crippen LogP contribution in [0, 0.1) is 5.82 Å². The Balaban J connectivity index is 1.82. The van der Waals surface area contributed by atoms with Crippen LogP contribution < -0.4 is 0 Å². The number of hydrogen-bond donors (Lipinski definition) is 0. The van der Waals surface area contributed by atoms with E-state index in [0.717, 1.165) is 12.1 Å². The largest absolute Gasteiger partial charge is 0.337 e. The van der Waals surface area contributed by atoms with Crippen molar-refractivity contribution in [3.8, 4) is 0 Å². The number of carbonyl (C=O) groups is 1. The van der Waals surface area contributed by atoms with Gasteiger partial charge < -0.3 is 4.90 Å². The zero-order valence-electron chi connectivity index (χ0n) is 17.4. The van der Waals surface area contributed by atoms with E-state index in [-0.39, 0.29) is 35.0 Å². The van der Waals surface area contributed by atoms with Crippen molar-refractivity contribution in [1.29, 1.82) is 0 Å². The normalized spacial score (nSPS) is 16.3. The number of benzene rings is 2. The topological polar surface area (TPSA) is 91.8 Å². The first-order chi connectivity index (χ1) is 14.5. The summed E-state index contributed by atoms with van der Waals surface area (Å²) >= 11 is 0. The first-order valence-corrected chi connectivity index (χ1v) is 12.9. The molecule has 1 saturated heterocycles. The van der Waals surface area contributed by atoms with Gasteiger partial charge in [0.1, 0.15) is 5.82 Å². The number of sulfonamides is 1. The van der Waals surface area contributed by atoms with Crippen LogP contribution in [-0.2, 0) is 19.9 Å². The highest BCUT2D eigenvalue weighted by Gasteiger charge is 2.31. The molecule has 1 aliphatic heterocycles. The number of rotatable bonds is 5. The van der Waals surface area contributed by atoms with Gasteiger partial charge in [-0.3, -0.25) is 4.79 Å². The molecule has 2 aromatic carbocycles. The summed E-state index contributed by atoms with van der Waals surface area (Å²) < 4.78 is 65.6. The number of nitrogens with zero attached hydrogens (tertiary/aromatic N) is 2. The van der Waals surface area contributed by atoms with Crippen LogP contribution >= 0.6 is 0 Å². The molecule has 1 aliphatic rings. The highest BCUT2D eigenvalue weighted by atomic mass is 32.2. The maximum absolute atomic E-state index is 13.2. The van der Waals surface area contributed by atoms with Crippen molar-refractivity contribution in [1.82, 2.24) is 9.21 Å². The Hall–Kier alpha value is -2.30. The van der Waals surface area contributed by atoms with E-state index in [1.165, 1.54) is 33.5 Å². The Bertz CT molecular complexity index is 1160. The molecule has 0 saturated carbocycles. The second-order valence-corrected chi connectivity index (χ2v) is 12.0. The lowest BCUT2D eigenvalue weighted by Gasteiger charge is -2.23. The molecule has 1 amide bonds. The molecule has 0 atom stereocenters.